The van der Waals surface area contributed by atoms with Crippen LogP contribution in [0.2, 0.25) is 0 Å². The molecule has 0 unspecified atom stereocenters. The Morgan fingerprint density at radius 2 is 1.94 bits per heavy atom. The van der Waals surface area contributed by atoms with Gasteiger partial charge in [-0.2, -0.15) is 0 Å². The Kier molecular flexibility index (Phi) is 3.16. The highest BCUT2D eigenvalue weighted by atomic mass is 35.5. The van der Waals surface area contributed by atoms with Crippen LogP contribution in [0.15, 0.2) is 24.3 Å². The van der Waals surface area contributed by atoms with E-state index in [2.05, 4.69) is 39.0 Å². The lowest BCUT2D eigenvalue weighted by Gasteiger charge is -2.31. The number of ether oxygens (including phenoxy) is 1. The predicted octanol–water partition coefficient (Wildman–Crippen LogP) is 4.13. The van der Waals surface area contributed by atoms with Gasteiger partial charge < -0.3 is 4.74 Å². The SMILES string of the molecule is CC(C)(C)c1cccc(OC2CC(Cl)C2)c1. The van der Waals surface area contributed by atoms with Crippen molar-refractivity contribution in [3.63, 3.8) is 0 Å². The Bertz CT molecular complexity index is 361. The molecular formula is C14H19ClO. The molecule has 0 radical (unpaired) electrons. The number of hydrogen-bond acceptors (Lipinski definition) is 1. The molecule has 1 fully saturated rings. The quantitative estimate of drug-likeness (QED) is 0.704. The Labute approximate surface area is 103 Å². The van der Waals surface area contributed by atoms with Gasteiger partial charge in [0.15, 0.2) is 0 Å². The lowest BCUT2D eigenvalue weighted by atomic mass is 9.87. The first-order valence-corrected chi connectivity index (χ1v) is 6.30. The van der Waals surface area contributed by atoms with Gasteiger partial charge in [0.25, 0.3) is 0 Å². The van der Waals surface area contributed by atoms with Crippen LogP contribution in [-0.4, -0.2) is 11.5 Å². The fourth-order valence-electron chi connectivity index (χ4n) is 1.83. The minimum atomic E-state index is 0.175. The molecule has 0 aromatic heterocycles. The van der Waals surface area contributed by atoms with Gasteiger partial charge in [0, 0.05) is 18.2 Å². The summed E-state index contributed by atoms with van der Waals surface area (Å²) in [6.07, 6.45) is 2.26. The van der Waals surface area contributed by atoms with Crippen molar-refractivity contribution in [1.29, 1.82) is 0 Å². The smallest absolute Gasteiger partial charge is 0.120 e. The fourth-order valence-corrected chi connectivity index (χ4v) is 2.22. The highest BCUT2D eigenvalue weighted by Crippen LogP contribution is 2.31. The Morgan fingerprint density at radius 3 is 2.50 bits per heavy atom. The molecule has 1 aromatic rings. The van der Waals surface area contributed by atoms with E-state index in [0.29, 0.717) is 11.5 Å². The lowest BCUT2D eigenvalue weighted by molar-refractivity contribution is 0.124. The number of benzene rings is 1. The topological polar surface area (TPSA) is 9.23 Å². The second-order valence-corrected chi connectivity index (χ2v) is 6.20. The minimum absolute atomic E-state index is 0.175. The molecule has 0 heterocycles. The van der Waals surface area contributed by atoms with Crippen molar-refractivity contribution in [2.24, 2.45) is 0 Å². The third kappa shape index (κ3) is 2.70. The van der Waals surface area contributed by atoms with E-state index in [4.69, 9.17) is 16.3 Å². The summed E-state index contributed by atoms with van der Waals surface area (Å²) in [6.45, 7) is 6.64. The van der Waals surface area contributed by atoms with Gasteiger partial charge in [0.2, 0.25) is 0 Å². The van der Waals surface area contributed by atoms with E-state index in [0.717, 1.165) is 18.6 Å². The molecule has 2 heteroatoms. The molecule has 0 bridgehead atoms. The van der Waals surface area contributed by atoms with E-state index in [1.54, 1.807) is 0 Å². The molecule has 16 heavy (non-hydrogen) atoms. The third-order valence-corrected chi connectivity index (χ3v) is 3.40. The molecule has 0 spiro atoms. The molecule has 0 atom stereocenters. The minimum Gasteiger partial charge on any atom is -0.490 e. The van der Waals surface area contributed by atoms with Crippen LogP contribution in [-0.2, 0) is 5.41 Å². The summed E-state index contributed by atoms with van der Waals surface area (Å²) in [5.74, 6) is 0.973. The highest BCUT2D eigenvalue weighted by Gasteiger charge is 2.29. The molecule has 88 valence electrons. The second-order valence-electron chi connectivity index (χ2n) is 5.59. The molecule has 2 rings (SSSR count). The van der Waals surface area contributed by atoms with Crippen LogP contribution in [0.25, 0.3) is 0 Å². The lowest BCUT2D eigenvalue weighted by Crippen LogP contribution is -2.34. The number of halogens is 1. The van der Waals surface area contributed by atoms with Crippen LogP contribution in [0.1, 0.15) is 39.2 Å². The van der Waals surface area contributed by atoms with E-state index in [1.165, 1.54) is 5.56 Å². The van der Waals surface area contributed by atoms with Crippen molar-refractivity contribution in [2.75, 3.05) is 0 Å². The van der Waals surface area contributed by atoms with Gasteiger partial charge >= 0.3 is 0 Å². The Morgan fingerprint density at radius 1 is 1.25 bits per heavy atom. The Hall–Kier alpha value is -0.690. The van der Waals surface area contributed by atoms with Crippen molar-refractivity contribution < 1.29 is 4.74 Å². The van der Waals surface area contributed by atoms with Crippen LogP contribution in [0.3, 0.4) is 0 Å². The summed E-state index contributed by atoms with van der Waals surface area (Å²) >= 11 is 5.93. The van der Waals surface area contributed by atoms with Crippen molar-refractivity contribution in [2.45, 2.75) is 50.5 Å². The van der Waals surface area contributed by atoms with Gasteiger partial charge in [0.1, 0.15) is 11.9 Å². The van der Waals surface area contributed by atoms with E-state index >= 15 is 0 Å². The number of rotatable bonds is 2. The molecule has 1 aliphatic rings. The van der Waals surface area contributed by atoms with E-state index in [9.17, 15) is 0 Å². The maximum Gasteiger partial charge on any atom is 0.120 e. The molecule has 1 aromatic carbocycles. The van der Waals surface area contributed by atoms with Crippen LogP contribution >= 0.6 is 11.6 Å². The van der Waals surface area contributed by atoms with Crippen LogP contribution in [0.5, 0.6) is 5.75 Å². The van der Waals surface area contributed by atoms with Gasteiger partial charge in [-0.05, 0) is 23.1 Å². The first-order chi connectivity index (χ1) is 7.45. The van der Waals surface area contributed by atoms with Gasteiger partial charge in [0.05, 0.1) is 0 Å². The molecule has 0 aliphatic heterocycles. The predicted molar refractivity (Wildman–Crippen MR) is 68.4 cm³/mol. The van der Waals surface area contributed by atoms with Crippen molar-refractivity contribution >= 4 is 11.6 Å². The molecule has 1 aliphatic carbocycles. The standard InChI is InChI=1S/C14H19ClO/c1-14(2,3)10-5-4-6-12(7-10)16-13-8-11(15)9-13/h4-7,11,13H,8-9H2,1-3H3. The van der Waals surface area contributed by atoms with Gasteiger partial charge in [-0.3, -0.25) is 0 Å². The maximum atomic E-state index is 5.93. The first kappa shape index (κ1) is 11.8. The fraction of sp³-hybridized carbons (Fsp3) is 0.571. The van der Waals surface area contributed by atoms with Crippen LogP contribution < -0.4 is 4.74 Å². The monoisotopic (exact) mass is 238 g/mol. The zero-order valence-electron chi connectivity index (χ0n) is 10.2. The van der Waals surface area contributed by atoms with E-state index in [1.807, 2.05) is 6.07 Å². The summed E-state index contributed by atoms with van der Waals surface area (Å²) in [6, 6.07) is 8.38. The largest absolute Gasteiger partial charge is 0.490 e. The molecule has 0 saturated heterocycles. The summed E-state index contributed by atoms with van der Waals surface area (Å²) in [4.78, 5) is 0. The zero-order valence-corrected chi connectivity index (χ0v) is 10.9. The van der Waals surface area contributed by atoms with Gasteiger partial charge in [-0.15, -0.1) is 11.6 Å². The summed E-state index contributed by atoms with van der Waals surface area (Å²) < 4.78 is 5.87. The second kappa shape index (κ2) is 4.29. The molecule has 1 nitrogen and oxygen atoms in total. The van der Waals surface area contributed by atoms with Crippen LogP contribution in [0.4, 0.5) is 0 Å². The number of alkyl halides is 1. The average Bonchev–Trinajstić information content (AvgIpc) is 2.14. The van der Waals surface area contributed by atoms with Crippen molar-refractivity contribution in [3.05, 3.63) is 29.8 Å². The third-order valence-electron chi connectivity index (χ3n) is 3.04. The molecule has 0 amide bonds. The highest BCUT2D eigenvalue weighted by molar-refractivity contribution is 6.21. The van der Waals surface area contributed by atoms with E-state index < -0.39 is 0 Å². The van der Waals surface area contributed by atoms with Crippen molar-refractivity contribution in [3.8, 4) is 5.75 Å². The maximum absolute atomic E-state index is 5.93. The normalized spacial score (nSPS) is 25.0. The van der Waals surface area contributed by atoms with Gasteiger partial charge in [-0.1, -0.05) is 32.9 Å². The van der Waals surface area contributed by atoms with Crippen LogP contribution in [0, 0.1) is 0 Å². The molecular weight excluding hydrogens is 220 g/mol. The van der Waals surface area contributed by atoms with E-state index in [-0.39, 0.29) is 5.41 Å². The molecule has 0 N–H and O–H groups in total. The van der Waals surface area contributed by atoms with Gasteiger partial charge in [-0.25, -0.2) is 0 Å². The summed E-state index contributed by atoms with van der Waals surface area (Å²) in [5.41, 5.74) is 1.49. The molecule has 1 saturated carbocycles. The summed E-state index contributed by atoms with van der Waals surface area (Å²) in [7, 11) is 0. The first-order valence-electron chi connectivity index (χ1n) is 5.86. The summed E-state index contributed by atoms with van der Waals surface area (Å²) in [5, 5.41) is 0.316. The van der Waals surface area contributed by atoms with Crippen molar-refractivity contribution in [1.82, 2.24) is 0 Å². The zero-order chi connectivity index (χ0) is 11.8. The average molecular weight is 239 g/mol. The Balaban J connectivity index is 2.05. The number of hydrogen-bond donors (Lipinski definition) is 0.